The molecule has 1 aliphatic rings. The van der Waals surface area contributed by atoms with Gasteiger partial charge >= 0.3 is 0 Å². The molecule has 3 rings (SSSR count). The molecule has 1 heterocycles. The summed E-state index contributed by atoms with van der Waals surface area (Å²) in [6, 6.07) is 12.3. The number of nitrogens with one attached hydrogen (secondary N) is 2. The summed E-state index contributed by atoms with van der Waals surface area (Å²) in [4.78, 5) is 24.9. The van der Waals surface area contributed by atoms with Crippen molar-refractivity contribution in [1.29, 1.82) is 0 Å². The summed E-state index contributed by atoms with van der Waals surface area (Å²) < 4.78 is 5.50. The standard InChI is InChI=1S/C25H35N5O5/c1-2-3-13-27-25(32)18-7-9-20(10-8-18)29-14-11-19(12-15-29)28-16-21(31)17-35-23-6-4-5-22(24(23)26)30(33)34/h4-10,19,21,28,31H,2-3,11-17,26H2,1H3,(H,27,32)/t21-/m0/s1. The van der Waals surface area contributed by atoms with Crippen LogP contribution >= 0.6 is 0 Å². The lowest BCUT2D eigenvalue weighted by molar-refractivity contribution is -0.384. The monoisotopic (exact) mass is 485 g/mol. The van der Waals surface area contributed by atoms with Crippen LogP contribution < -0.4 is 26.0 Å². The van der Waals surface area contributed by atoms with Gasteiger partial charge < -0.3 is 31.1 Å². The van der Waals surface area contributed by atoms with Gasteiger partial charge in [0.15, 0.2) is 5.69 Å². The van der Waals surface area contributed by atoms with Crippen molar-refractivity contribution in [3.8, 4) is 5.75 Å². The molecule has 0 saturated carbocycles. The smallest absolute Gasteiger partial charge is 0.295 e. The number of nitrogens with two attached hydrogens (primary N) is 1. The van der Waals surface area contributed by atoms with Crippen LogP contribution in [0, 0.1) is 10.1 Å². The Balaban J connectivity index is 1.38. The molecule has 2 aromatic carbocycles. The number of para-hydroxylation sites is 1. The number of aliphatic hydroxyl groups is 1. The van der Waals surface area contributed by atoms with E-state index >= 15 is 0 Å². The lowest BCUT2D eigenvalue weighted by Gasteiger charge is -2.34. The molecule has 1 aliphatic heterocycles. The molecule has 0 aromatic heterocycles. The topological polar surface area (TPSA) is 143 Å². The molecule has 1 saturated heterocycles. The molecule has 5 N–H and O–H groups in total. The first kappa shape index (κ1) is 26.2. The molecular weight excluding hydrogens is 450 g/mol. The first-order chi connectivity index (χ1) is 16.9. The van der Waals surface area contributed by atoms with E-state index in [1.807, 2.05) is 24.3 Å². The van der Waals surface area contributed by atoms with Crippen molar-refractivity contribution in [2.75, 3.05) is 43.4 Å². The summed E-state index contributed by atoms with van der Waals surface area (Å²) in [6.07, 6.45) is 3.09. The molecule has 0 radical (unpaired) electrons. The third-order valence-corrected chi connectivity index (χ3v) is 6.12. The Morgan fingerprint density at radius 2 is 1.97 bits per heavy atom. The van der Waals surface area contributed by atoms with Crippen molar-refractivity contribution in [1.82, 2.24) is 10.6 Å². The fourth-order valence-electron chi connectivity index (χ4n) is 4.01. The summed E-state index contributed by atoms with van der Waals surface area (Å²) in [7, 11) is 0. The minimum Gasteiger partial charge on any atom is -0.488 e. The third-order valence-electron chi connectivity index (χ3n) is 6.12. The highest BCUT2D eigenvalue weighted by molar-refractivity contribution is 5.94. The molecule has 1 fully saturated rings. The molecule has 35 heavy (non-hydrogen) atoms. The van der Waals surface area contributed by atoms with Crippen LogP contribution in [0.4, 0.5) is 17.1 Å². The lowest BCUT2D eigenvalue weighted by atomic mass is 10.0. The number of hydrogen-bond acceptors (Lipinski definition) is 8. The molecule has 0 unspecified atom stereocenters. The molecule has 190 valence electrons. The van der Waals surface area contributed by atoms with Gasteiger partial charge in [-0.15, -0.1) is 0 Å². The van der Waals surface area contributed by atoms with Crippen LogP contribution in [0.5, 0.6) is 5.75 Å². The summed E-state index contributed by atoms with van der Waals surface area (Å²) in [6.45, 7) is 4.86. The number of carbonyl (C=O) groups excluding carboxylic acids is 1. The van der Waals surface area contributed by atoms with Crippen molar-refractivity contribution in [3.63, 3.8) is 0 Å². The number of amides is 1. The SMILES string of the molecule is CCCCNC(=O)c1ccc(N2CCC(NC[C@H](O)COc3cccc([N+](=O)[O-])c3N)CC2)cc1. The average Bonchev–Trinajstić information content (AvgIpc) is 2.87. The molecular formula is C25H35N5O5. The van der Waals surface area contributed by atoms with Crippen molar-refractivity contribution in [2.45, 2.75) is 44.8 Å². The van der Waals surface area contributed by atoms with E-state index in [9.17, 15) is 20.0 Å². The van der Waals surface area contributed by atoms with Gasteiger partial charge in [-0.05, 0) is 49.6 Å². The van der Waals surface area contributed by atoms with Gasteiger partial charge in [0.2, 0.25) is 0 Å². The van der Waals surface area contributed by atoms with E-state index in [1.165, 1.54) is 12.1 Å². The molecule has 1 amide bonds. The second kappa shape index (κ2) is 12.9. The number of ether oxygens (including phenoxy) is 1. The van der Waals surface area contributed by atoms with Gasteiger partial charge in [0.05, 0.1) is 4.92 Å². The Kier molecular flexibility index (Phi) is 9.68. The zero-order valence-electron chi connectivity index (χ0n) is 20.1. The van der Waals surface area contributed by atoms with E-state index in [1.54, 1.807) is 6.07 Å². The number of nitrogens with zero attached hydrogens (tertiary/aromatic N) is 2. The van der Waals surface area contributed by atoms with Gasteiger partial charge in [0, 0.05) is 49.5 Å². The largest absolute Gasteiger partial charge is 0.488 e. The summed E-state index contributed by atoms with van der Waals surface area (Å²) in [5.74, 6) is 0.152. The number of benzene rings is 2. The number of piperidine rings is 1. The number of nitro groups is 1. The average molecular weight is 486 g/mol. The summed E-state index contributed by atoms with van der Waals surface area (Å²) in [5, 5.41) is 27.6. The Morgan fingerprint density at radius 3 is 2.63 bits per heavy atom. The van der Waals surface area contributed by atoms with Gasteiger partial charge in [-0.3, -0.25) is 14.9 Å². The molecule has 2 aromatic rings. The lowest BCUT2D eigenvalue weighted by Crippen LogP contribution is -2.45. The van der Waals surface area contributed by atoms with E-state index in [-0.39, 0.29) is 35.7 Å². The van der Waals surface area contributed by atoms with Crippen LogP contribution in [0.15, 0.2) is 42.5 Å². The molecule has 10 heteroatoms. The van der Waals surface area contributed by atoms with E-state index < -0.39 is 11.0 Å². The Morgan fingerprint density at radius 1 is 1.26 bits per heavy atom. The van der Waals surface area contributed by atoms with Crippen molar-refractivity contribution < 1.29 is 19.6 Å². The van der Waals surface area contributed by atoms with Crippen molar-refractivity contribution in [3.05, 3.63) is 58.1 Å². The fourth-order valence-corrected chi connectivity index (χ4v) is 4.01. The Bertz CT molecular complexity index is 977. The maximum atomic E-state index is 12.2. The zero-order valence-corrected chi connectivity index (χ0v) is 20.1. The van der Waals surface area contributed by atoms with Crippen LogP contribution in [0.1, 0.15) is 43.0 Å². The number of hydrogen-bond donors (Lipinski definition) is 4. The minimum absolute atomic E-state index is 0.0183. The second-order valence-corrected chi connectivity index (χ2v) is 8.74. The summed E-state index contributed by atoms with van der Waals surface area (Å²) >= 11 is 0. The van der Waals surface area contributed by atoms with Gasteiger partial charge in [-0.2, -0.15) is 0 Å². The number of aliphatic hydroxyl groups excluding tert-OH is 1. The van der Waals surface area contributed by atoms with Crippen LogP contribution in [-0.4, -0.2) is 60.9 Å². The van der Waals surface area contributed by atoms with Crippen LogP contribution in [0.3, 0.4) is 0 Å². The van der Waals surface area contributed by atoms with Gasteiger partial charge in [0.25, 0.3) is 11.6 Å². The molecule has 10 nitrogen and oxygen atoms in total. The number of rotatable bonds is 12. The fraction of sp³-hybridized carbons (Fsp3) is 0.480. The second-order valence-electron chi connectivity index (χ2n) is 8.74. The number of anilines is 2. The molecule has 0 spiro atoms. The molecule has 0 bridgehead atoms. The number of unbranched alkanes of at least 4 members (excludes halogenated alkanes) is 1. The third kappa shape index (κ3) is 7.56. The van der Waals surface area contributed by atoms with E-state index in [0.717, 1.165) is 44.5 Å². The van der Waals surface area contributed by atoms with E-state index in [0.29, 0.717) is 18.7 Å². The number of carbonyl (C=O) groups is 1. The van der Waals surface area contributed by atoms with Crippen molar-refractivity contribution >= 4 is 23.0 Å². The van der Waals surface area contributed by atoms with Crippen LogP contribution in [0.25, 0.3) is 0 Å². The quantitative estimate of drug-likeness (QED) is 0.156. The maximum absolute atomic E-state index is 12.2. The van der Waals surface area contributed by atoms with Crippen LogP contribution in [0.2, 0.25) is 0 Å². The predicted octanol–water partition coefficient (Wildman–Crippen LogP) is 2.71. The van der Waals surface area contributed by atoms with Gasteiger partial charge in [-0.1, -0.05) is 19.4 Å². The predicted molar refractivity (Wildman–Crippen MR) is 136 cm³/mol. The first-order valence-corrected chi connectivity index (χ1v) is 12.1. The highest BCUT2D eigenvalue weighted by Gasteiger charge is 2.21. The zero-order chi connectivity index (χ0) is 25.2. The highest BCUT2D eigenvalue weighted by atomic mass is 16.6. The van der Waals surface area contributed by atoms with Crippen molar-refractivity contribution in [2.24, 2.45) is 0 Å². The van der Waals surface area contributed by atoms with E-state index in [2.05, 4.69) is 22.5 Å². The molecule has 0 aliphatic carbocycles. The summed E-state index contributed by atoms with van der Waals surface area (Å²) in [5.41, 5.74) is 7.28. The van der Waals surface area contributed by atoms with Gasteiger partial charge in [-0.25, -0.2) is 0 Å². The highest BCUT2D eigenvalue weighted by Crippen LogP contribution is 2.30. The number of nitro benzene ring substituents is 1. The Hall–Kier alpha value is -3.37. The van der Waals surface area contributed by atoms with Crippen LogP contribution in [-0.2, 0) is 0 Å². The van der Waals surface area contributed by atoms with E-state index in [4.69, 9.17) is 10.5 Å². The minimum atomic E-state index is -0.775. The maximum Gasteiger partial charge on any atom is 0.295 e. The van der Waals surface area contributed by atoms with Gasteiger partial charge in [0.1, 0.15) is 18.5 Å². The first-order valence-electron chi connectivity index (χ1n) is 12.1. The Labute approximate surface area is 205 Å². The normalized spacial score (nSPS) is 15.0. The number of nitrogen functional groups attached to an aromatic ring is 1. The molecule has 1 atom stereocenters.